The highest BCUT2D eigenvalue weighted by molar-refractivity contribution is 7.98. The second kappa shape index (κ2) is 9.09. The largest absolute Gasteiger partial charge is 0.495 e. The molecule has 4 rings (SSSR count). The SMILES string of the molecule is COc1ccccc1-n1c(Cc2ccccc2)nnc1SCc1c(F)cccc1F. The number of ether oxygens (including phenoxy) is 1. The molecular formula is C23H19F2N3OS. The first-order chi connectivity index (χ1) is 14.7. The Morgan fingerprint density at radius 1 is 0.867 bits per heavy atom. The van der Waals surface area contributed by atoms with Gasteiger partial charge in [-0.25, -0.2) is 8.78 Å². The number of nitrogens with zero attached hydrogens (tertiary/aromatic N) is 3. The van der Waals surface area contributed by atoms with Crippen LogP contribution in [-0.4, -0.2) is 21.9 Å². The van der Waals surface area contributed by atoms with Gasteiger partial charge in [0.1, 0.15) is 23.2 Å². The fourth-order valence-corrected chi connectivity index (χ4v) is 4.13. The molecule has 0 radical (unpaired) electrons. The highest BCUT2D eigenvalue weighted by Crippen LogP contribution is 2.31. The van der Waals surface area contributed by atoms with Gasteiger partial charge in [-0.3, -0.25) is 4.57 Å². The lowest BCUT2D eigenvalue weighted by molar-refractivity contribution is 0.411. The van der Waals surface area contributed by atoms with Crippen molar-refractivity contribution in [3.05, 3.63) is 101 Å². The quantitative estimate of drug-likeness (QED) is 0.371. The van der Waals surface area contributed by atoms with E-state index in [1.807, 2.05) is 59.2 Å². The normalized spacial score (nSPS) is 10.9. The maximum atomic E-state index is 14.1. The first-order valence-electron chi connectivity index (χ1n) is 9.34. The molecule has 0 unspecified atom stereocenters. The van der Waals surface area contributed by atoms with Crippen molar-refractivity contribution >= 4 is 11.8 Å². The predicted molar refractivity (Wildman–Crippen MR) is 113 cm³/mol. The topological polar surface area (TPSA) is 39.9 Å². The van der Waals surface area contributed by atoms with Gasteiger partial charge >= 0.3 is 0 Å². The Morgan fingerprint density at radius 3 is 2.30 bits per heavy atom. The van der Waals surface area contributed by atoms with Gasteiger partial charge < -0.3 is 4.74 Å². The number of benzene rings is 3. The molecule has 0 fully saturated rings. The first-order valence-corrected chi connectivity index (χ1v) is 10.3. The number of hydrogen-bond donors (Lipinski definition) is 0. The third kappa shape index (κ3) is 4.21. The minimum atomic E-state index is -0.574. The summed E-state index contributed by atoms with van der Waals surface area (Å²) in [6.45, 7) is 0. The van der Waals surface area contributed by atoms with Gasteiger partial charge in [0.25, 0.3) is 0 Å². The Bertz CT molecular complexity index is 1130. The summed E-state index contributed by atoms with van der Waals surface area (Å²) < 4.78 is 35.6. The minimum Gasteiger partial charge on any atom is -0.495 e. The zero-order valence-electron chi connectivity index (χ0n) is 16.3. The van der Waals surface area contributed by atoms with Crippen molar-refractivity contribution in [1.29, 1.82) is 0 Å². The van der Waals surface area contributed by atoms with E-state index in [1.165, 1.54) is 30.0 Å². The van der Waals surface area contributed by atoms with Gasteiger partial charge in [-0.15, -0.1) is 10.2 Å². The Labute approximate surface area is 177 Å². The second-order valence-electron chi connectivity index (χ2n) is 6.56. The fraction of sp³-hybridized carbons (Fsp3) is 0.130. The van der Waals surface area contributed by atoms with Crippen LogP contribution in [0.25, 0.3) is 5.69 Å². The summed E-state index contributed by atoms with van der Waals surface area (Å²) >= 11 is 1.23. The average Bonchev–Trinajstić information content (AvgIpc) is 3.16. The molecule has 0 atom stereocenters. The van der Waals surface area contributed by atoms with Crippen molar-refractivity contribution in [2.45, 2.75) is 17.3 Å². The molecule has 0 aliphatic rings. The molecule has 0 saturated heterocycles. The molecule has 1 aromatic heterocycles. The molecule has 7 heteroatoms. The number of rotatable bonds is 7. The van der Waals surface area contributed by atoms with Crippen LogP contribution < -0.4 is 4.74 Å². The first kappa shape index (κ1) is 20.1. The van der Waals surface area contributed by atoms with Crippen LogP contribution in [0.5, 0.6) is 5.75 Å². The molecule has 0 N–H and O–H groups in total. The van der Waals surface area contributed by atoms with Crippen LogP contribution in [0.2, 0.25) is 0 Å². The molecule has 0 bridgehead atoms. The smallest absolute Gasteiger partial charge is 0.196 e. The number of thioether (sulfide) groups is 1. The van der Waals surface area contributed by atoms with Crippen molar-refractivity contribution in [2.24, 2.45) is 0 Å². The number of para-hydroxylation sites is 2. The summed E-state index contributed by atoms with van der Waals surface area (Å²) in [4.78, 5) is 0. The molecule has 4 aromatic rings. The van der Waals surface area contributed by atoms with Gasteiger partial charge in [0, 0.05) is 17.7 Å². The van der Waals surface area contributed by atoms with E-state index in [1.54, 1.807) is 7.11 Å². The van der Waals surface area contributed by atoms with Crippen molar-refractivity contribution < 1.29 is 13.5 Å². The van der Waals surface area contributed by atoms with Gasteiger partial charge in [-0.05, 0) is 29.8 Å². The van der Waals surface area contributed by atoms with E-state index < -0.39 is 11.6 Å². The zero-order valence-corrected chi connectivity index (χ0v) is 17.1. The van der Waals surface area contributed by atoms with Crippen LogP contribution in [0, 0.1) is 11.6 Å². The minimum absolute atomic E-state index is 0.0155. The van der Waals surface area contributed by atoms with E-state index in [9.17, 15) is 8.78 Å². The number of aromatic nitrogens is 3. The van der Waals surface area contributed by atoms with Crippen LogP contribution in [0.4, 0.5) is 8.78 Å². The summed E-state index contributed by atoms with van der Waals surface area (Å²) in [6, 6.07) is 21.3. The maximum Gasteiger partial charge on any atom is 0.196 e. The van der Waals surface area contributed by atoms with E-state index >= 15 is 0 Å². The average molecular weight is 423 g/mol. The van der Waals surface area contributed by atoms with Gasteiger partial charge in [-0.1, -0.05) is 60.3 Å². The molecule has 152 valence electrons. The molecule has 0 spiro atoms. The summed E-state index contributed by atoms with van der Waals surface area (Å²) in [5, 5.41) is 9.22. The molecule has 1 heterocycles. The highest BCUT2D eigenvalue weighted by atomic mass is 32.2. The van der Waals surface area contributed by atoms with Crippen LogP contribution in [0.15, 0.2) is 78.0 Å². The summed E-state index contributed by atoms with van der Waals surface area (Å²) in [6.07, 6.45) is 0.556. The van der Waals surface area contributed by atoms with E-state index in [0.717, 1.165) is 11.3 Å². The lowest BCUT2D eigenvalue weighted by Crippen LogP contribution is -2.06. The zero-order chi connectivity index (χ0) is 20.9. The Kier molecular flexibility index (Phi) is 6.09. The second-order valence-corrected chi connectivity index (χ2v) is 7.50. The molecule has 0 saturated carbocycles. The maximum absolute atomic E-state index is 14.1. The number of halogens is 2. The molecule has 30 heavy (non-hydrogen) atoms. The van der Waals surface area contributed by atoms with Crippen molar-refractivity contribution in [3.63, 3.8) is 0 Å². The van der Waals surface area contributed by atoms with Crippen molar-refractivity contribution in [3.8, 4) is 11.4 Å². The van der Waals surface area contributed by atoms with Gasteiger partial charge in [0.2, 0.25) is 0 Å². The van der Waals surface area contributed by atoms with E-state index in [2.05, 4.69) is 10.2 Å². The fourth-order valence-electron chi connectivity index (χ4n) is 3.15. The van der Waals surface area contributed by atoms with Crippen LogP contribution >= 0.6 is 11.8 Å². The molecule has 0 amide bonds. The van der Waals surface area contributed by atoms with E-state index in [4.69, 9.17) is 4.74 Å². The summed E-state index contributed by atoms with van der Waals surface area (Å²) in [5.41, 5.74) is 1.87. The molecule has 4 nitrogen and oxygen atoms in total. The lowest BCUT2D eigenvalue weighted by Gasteiger charge is -2.14. The molecule has 3 aromatic carbocycles. The monoisotopic (exact) mass is 423 g/mol. The number of methoxy groups -OCH3 is 1. The van der Waals surface area contributed by atoms with Crippen LogP contribution in [0.1, 0.15) is 17.0 Å². The van der Waals surface area contributed by atoms with Gasteiger partial charge in [0.15, 0.2) is 5.16 Å². The van der Waals surface area contributed by atoms with E-state index in [-0.39, 0.29) is 11.3 Å². The Hall–Kier alpha value is -3.19. The Balaban J connectivity index is 1.73. The number of hydrogen-bond acceptors (Lipinski definition) is 4. The lowest BCUT2D eigenvalue weighted by atomic mass is 10.1. The molecular weight excluding hydrogens is 404 g/mol. The summed E-state index contributed by atoms with van der Waals surface area (Å²) in [5.74, 6) is 0.315. The Morgan fingerprint density at radius 2 is 1.57 bits per heavy atom. The van der Waals surface area contributed by atoms with E-state index in [0.29, 0.717) is 23.2 Å². The molecule has 0 aliphatic heterocycles. The molecule has 0 aliphatic carbocycles. The third-order valence-electron chi connectivity index (χ3n) is 4.64. The van der Waals surface area contributed by atoms with Crippen LogP contribution in [-0.2, 0) is 12.2 Å². The van der Waals surface area contributed by atoms with Gasteiger partial charge in [0.05, 0.1) is 12.8 Å². The summed E-state index contributed by atoms with van der Waals surface area (Å²) in [7, 11) is 1.60. The van der Waals surface area contributed by atoms with Crippen molar-refractivity contribution in [2.75, 3.05) is 7.11 Å². The highest BCUT2D eigenvalue weighted by Gasteiger charge is 2.19. The van der Waals surface area contributed by atoms with Gasteiger partial charge in [-0.2, -0.15) is 0 Å². The van der Waals surface area contributed by atoms with Crippen molar-refractivity contribution in [1.82, 2.24) is 14.8 Å². The predicted octanol–water partition coefficient (Wildman–Crippen LogP) is 5.44. The standard InChI is InChI=1S/C23H19F2N3OS/c1-29-21-13-6-5-12-20(21)28-22(14-16-8-3-2-4-9-16)26-27-23(28)30-15-17-18(24)10-7-11-19(17)25/h2-13H,14-15H2,1H3. The van der Waals surface area contributed by atoms with Crippen LogP contribution in [0.3, 0.4) is 0 Å². The third-order valence-corrected chi connectivity index (χ3v) is 5.59.